The molecule has 1 aliphatic heterocycles. The third kappa shape index (κ3) is 4.35. The van der Waals surface area contributed by atoms with Crippen LogP contribution in [0.3, 0.4) is 0 Å². The molecule has 1 aromatic rings. The van der Waals surface area contributed by atoms with E-state index < -0.39 is 0 Å². The molecule has 1 unspecified atom stereocenters. The Kier molecular flexibility index (Phi) is 5.40. The lowest BCUT2D eigenvalue weighted by molar-refractivity contribution is 0.0950. The summed E-state index contributed by atoms with van der Waals surface area (Å²) in [6, 6.07) is 7.88. The van der Waals surface area contributed by atoms with Crippen LogP contribution in [0.25, 0.3) is 0 Å². The highest BCUT2D eigenvalue weighted by Crippen LogP contribution is 2.13. The Bertz CT molecular complexity index is 394. The van der Waals surface area contributed by atoms with E-state index in [0.717, 1.165) is 44.0 Å². The van der Waals surface area contributed by atoms with Gasteiger partial charge in [0.15, 0.2) is 0 Å². The normalized spacial score (nSPS) is 19.1. The van der Waals surface area contributed by atoms with Crippen molar-refractivity contribution < 1.29 is 4.79 Å². The number of rotatable bonds is 5. The van der Waals surface area contributed by atoms with Crippen LogP contribution in [0.2, 0.25) is 0 Å². The standard InChI is InChI=1S/C16H24N2O/c1-2-13-5-7-15(8-6-13)16(19)18-11-9-14-4-3-10-17-12-14/h5-8,14,17H,2-4,9-12H2,1H3,(H,18,19). The van der Waals surface area contributed by atoms with Gasteiger partial charge >= 0.3 is 0 Å². The summed E-state index contributed by atoms with van der Waals surface area (Å²) in [7, 11) is 0. The van der Waals surface area contributed by atoms with Gasteiger partial charge in [-0.2, -0.15) is 0 Å². The number of piperidine rings is 1. The number of benzene rings is 1. The van der Waals surface area contributed by atoms with Crippen molar-refractivity contribution in [3.63, 3.8) is 0 Å². The largest absolute Gasteiger partial charge is 0.352 e. The number of nitrogens with one attached hydrogen (secondary N) is 2. The molecule has 2 N–H and O–H groups in total. The zero-order valence-corrected chi connectivity index (χ0v) is 11.7. The molecule has 19 heavy (non-hydrogen) atoms. The van der Waals surface area contributed by atoms with E-state index in [0.29, 0.717) is 0 Å². The van der Waals surface area contributed by atoms with Gasteiger partial charge in [0.05, 0.1) is 0 Å². The fourth-order valence-corrected chi connectivity index (χ4v) is 2.55. The lowest BCUT2D eigenvalue weighted by Gasteiger charge is -2.22. The van der Waals surface area contributed by atoms with E-state index in [-0.39, 0.29) is 5.91 Å². The maximum Gasteiger partial charge on any atom is 0.251 e. The molecule has 0 aliphatic carbocycles. The van der Waals surface area contributed by atoms with Crippen molar-refractivity contribution in [2.75, 3.05) is 19.6 Å². The molecule has 0 radical (unpaired) electrons. The minimum Gasteiger partial charge on any atom is -0.352 e. The Morgan fingerprint density at radius 3 is 2.79 bits per heavy atom. The van der Waals surface area contributed by atoms with Gasteiger partial charge in [0.2, 0.25) is 0 Å². The smallest absolute Gasteiger partial charge is 0.251 e. The fourth-order valence-electron chi connectivity index (χ4n) is 2.55. The van der Waals surface area contributed by atoms with Gasteiger partial charge in [0, 0.05) is 12.1 Å². The highest BCUT2D eigenvalue weighted by molar-refractivity contribution is 5.94. The fraction of sp³-hybridized carbons (Fsp3) is 0.562. The number of aryl methyl sites for hydroxylation is 1. The minimum atomic E-state index is 0.0476. The minimum absolute atomic E-state index is 0.0476. The van der Waals surface area contributed by atoms with Crippen molar-refractivity contribution in [3.05, 3.63) is 35.4 Å². The van der Waals surface area contributed by atoms with E-state index in [4.69, 9.17) is 0 Å². The second-order valence-corrected chi connectivity index (χ2v) is 5.31. The Morgan fingerprint density at radius 1 is 1.37 bits per heavy atom. The molecule has 1 atom stereocenters. The lowest BCUT2D eigenvalue weighted by atomic mass is 9.96. The Balaban J connectivity index is 1.73. The van der Waals surface area contributed by atoms with Crippen molar-refractivity contribution in [1.82, 2.24) is 10.6 Å². The van der Waals surface area contributed by atoms with Gasteiger partial charge in [0.25, 0.3) is 5.91 Å². The lowest BCUT2D eigenvalue weighted by Crippen LogP contribution is -2.33. The Hall–Kier alpha value is -1.35. The molecule has 1 fully saturated rings. The summed E-state index contributed by atoms with van der Waals surface area (Å²) in [5, 5.41) is 6.42. The first-order valence-corrected chi connectivity index (χ1v) is 7.37. The second kappa shape index (κ2) is 7.29. The number of hydrogen-bond donors (Lipinski definition) is 2. The van der Waals surface area contributed by atoms with Crippen LogP contribution in [0.4, 0.5) is 0 Å². The molecule has 1 amide bonds. The Morgan fingerprint density at radius 2 is 2.16 bits per heavy atom. The third-order valence-electron chi connectivity index (χ3n) is 3.86. The summed E-state index contributed by atoms with van der Waals surface area (Å²) < 4.78 is 0. The molecular formula is C16H24N2O. The summed E-state index contributed by atoms with van der Waals surface area (Å²) in [6.45, 7) is 5.14. The molecule has 104 valence electrons. The number of carbonyl (C=O) groups excluding carboxylic acids is 1. The van der Waals surface area contributed by atoms with Gasteiger partial charge in [-0.25, -0.2) is 0 Å². The summed E-state index contributed by atoms with van der Waals surface area (Å²) in [6.07, 6.45) is 4.63. The average molecular weight is 260 g/mol. The molecule has 3 nitrogen and oxygen atoms in total. The maximum absolute atomic E-state index is 12.0. The van der Waals surface area contributed by atoms with Crippen LogP contribution in [0.1, 0.15) is 42.1 Å². The van der Waals surface area contributed by atoms with Crippen LogP contribution >= 0.6 is 0 Å². The van der Waals surface area contributed by atoms with Crippen LogP contribution < -0.4 is 10.6 Å². The highest BCUT2D eigenvalue weighted by Gasteiger charge is 2.13. The summed E-state index contributed by atoms with van der Waals surface area (Å²) in [5.74, 6) is 0.767. The molecule has 0 spiro atoms. The molecular weight excluding hydrogens is 236 g/mol. The molecule has 1 aromatic carbocycles. The van der Waals surface area contributed by atoms with Crippen LogP contribution in [0, 0.1) is 5.92 Å². The zero-order chi connectivity index (χ0) is 13.5. The van der Waals surface area contributed by atoms with E-state index in [1.807, 2.05) is 24.3 Å². The van der Waals surface area contributed by atoms with Crippen molar-refractivity contribution in [2.45, 2.75) is 32.6 Å². The van der Waals surface area contributed by atoms with Gasteiger partial charge in [-0.3, -0.25) is 4.79 Å². The predicted molar refractivity (Wildman–Crippen MR) is 78.4 cm³/mol. The molecule has 3 heteroatoms. The van der Waals surface area contributed by atoms with Crippen molar-refractivity contribution in [1.29, 1.82) is 0 Å². The number of hydrogen-bond acceptors (Lipinski definition) is 2. The van der Waals surface area contributed by atoms with E-state index in [1.165, 1.54) is 18.4 Å². The van der Waals surface area contributed by atoms with Gasteiger partial charge in [-0.15, -0.1) is 0 Å². The van der Waals surface area contributed by atoms with Crippen molar-refractivity contribution >= 4 is 5.91 Å². The Labute approximate surface area is 115 Å². The third-order valence-corrected chi connectivity index (χ3v) is 3.86. The highest BCUT2D eigenvalue weighted by atomic mass is 16.1. The van der Waals surface area contributed by atoms with Gasteiger partial charge < -0.3 is 10.6 Å². The molecule has 0 saturated carbocycles. The molecule has 0 aromatic heterocycles. The summed E-state index contributed by atoms with van der Waals surface area (Å²) in [5.41, 5.74) is 2.03. The molecule has 2 rings (SSSR count). The predicted octanol–water partition coefficient (Wildman–Crippen LogP) is 2.37. The monoisotopic (exact) mass is 260 g/mol. The topological polar surface area (TPSA) is 41.1 Å². The summed E-state index contributed by atoms with van der Waals surface area (Å²) >= 11 is 0. The van der Waals surface area contributed by atoms with Crippen LogP contribution in [0.5, 0.6) is 0 Å². The van der Waals surface area contributed by atoms with Crippen molar-refractivity contribution in [3.8, 4) is 0 Å². The summed E-state index contributed by atoms with van der Waals surface area (Å²) in [4.78, 5) is 12.0. The number of amides is 1. The molecule has 1 heterocycles. The quantitative estimate of drug-likeness (QED) is 0.853. The zero-order valence-electron chi connectivity index (χ0n) is 11.7. The first-order chi connectivity index (χ1) is 9.29. The van der Waals surface area contributed by atoms with Crippen LogP contribution in [-0.4, -0.2) is 25.5 Å². The van der Waals surface area contributed by atoms with Gasteiger partial charge in [0.1, 0.15) is 0 Å². The molecule has 0 bridgehead atoms. The molecule has 1 saturated heterocycles. The van der Waals surface area contributed by atoms with E-state index in [1.54, 1.807) is 0 Å². The maximum atomic E-state index is 12.0. The first-order valence-electron chi connectivity index (χ1n) is 7.37. The van der Waals surface area contributed by atoms with Crippen molar-refractivity contribution in [2.24, 2.45) is 5.92 Å². The van der Waals surface area contributed by atoms with E-state index in [2.05, 4.69) is 17.6 Å². The number of carbonyl (C=O) groups is 1. The van der Waals surface area contributed by atoms with Crippen LogP contribution in [0.15, 0.2) is 24.3 Å². The first kappa shape index (κ1) is 14.1. The second-order valence-electron chi connectivity index (χ2n) is 5.31. The average Bonchev–Trinajstić information content (AvgIpc) is 2.48. The molecule has 1 aliphatic rings. The van der Waals surface area contributed by atoms with E-state index in [9.17, 15) is 4.79 Å². The SMILES string of the molecule is CCc1ccc(C(=O)NCCC2CCCNC2)cc1. The van der Waals surface area contributed by atoms with Gasteiger partial charge in [-0.05, 0) is 62.4 Å². The van der Waals surface area contributed by atoms with E-state index >= 15 is 0 Å². The van der Waals surface area contributed by atoms with Crippen LogP contribution in [-0.2, 0) is 6.42 Å². The van der Waals surface area contributed by atoms with Gasteiger partial charge in [-0.1, -0.05) is 19.1 Å².